The van der Waals surface area contributed by atoms with Gasteiger partial charge in [-0.05, 0) is 6.42 Å². The lowest BCUT2D eigenvalue weighted by atomic mass is 10.3. The van der Waals surface area contributed by atoms with E-state index in [1.807, 2.05) is 0 Å². The van der Waals surface area contributed by atoms with Crippen molar-refractivity contribution in [2.24, 2.45) is 0 Å². The van der Waals surface area contributed by atoms with Crippen molar-refractivity contribution < 1.29 is 0 Å². The van der Waals surface area contributed by atoms with Crippen LogP contribution in [-0.2, 0) is 0 Å². The average Bonchev–Trinajstić information content (AvgIpc) is 1.84. The van der Waals surface area contributed by atoms with Gasteiger partial charge in [-0.15, -0.1) is 0 Å². The molecular weight excluding hydrogens is 441 g/mol. The highest BCUT2D eigenvalue weighted by Gasteiger charge is 2.10. The van der Waals surface area contributed by atoms with Crippen molar-refractivity contribution in [2.75, 3.05) is 4.43 Å². The summed E-state index contributed by atoms with van der Waals surface area (Å²) in [6.07, 6.45) is 1.05. The van der Waals surface area contributed by atoms with Crippen molar-refractivity contribution in [3.05, 3.63) is 6.92 Å². The standard InChI is InChI=1S/C5H8I3/c1-2-4(7)5(8)3-6/h4-5H,1-3H2. The summed E-state index contributed by atoms with van der Waals surface area (Å²) >= 11 is 7.35. The third kappa shape index (κ3) is 4.08. The number of hydrogen-bond acceptors (Lipinski definition) is 0. The van der Waals surface area contributed by atoms with Gasteiger partial charge in [-0.25, -0.2) is 0 Å². The van der Waals surface area contributed by atoms with Crippen molar-refractivity contribution in [3.8, 4) is 0 Å². The molecule has 0 N–H and O–H groups in total. The molecule has 0 spiro atoms. The van der Waals surface area contributed by atoms with Gasteiger partial charge in [0.15, 0.2) is 0 Å². The third-order valence-corrected chi connectivity index (χ3v) is 7.63. The predicted octanol–water partition coefficient (Wildman–Crippen LogP) is 3.25. The zero-order valence-electron chi connectivity index (χ0n) is 4.41. The molecule has 2 atom stereocenters. The molecule has 0 amide bonds. The van der Waals surface area contributed by atoms with Gasteiger partial charge >= 0.3 is 0 Å². The van der Waals surface area contributed by atoms with Crippen LogP contribution in [0.5, 0.6) is 0 Å². The first kappa shape index (κ1) is 10.2. The maximum Gasteiger partial charge on any atom is 0.0317 e. The summed E-state index contributed by atoms with van der Waals surface area (Å²) in [5, 5.41) is 0. The Balaban J connectivity index is 3.29. The molecule has 0 aromatic carbocycles. The zero-order valence-corrected chi connectivity index (χ0v) is 10.9. The maximum absolute atomic E-state index is 3.84. The molecule has 1 radical (unpaired) electrons. The molecule has 0 bridgehead atoms. The molecule has 49 valence electrons. The second-order valence-corrected chi connectivity index (χ2v) is 5.56. The summed E-state index contributed by atoms with van der Waals surface area (Å²) < 4.78 is 2.79. The largest absolute Gasteiger partial charge is 0.0852 e. The van der Waals surface area contributed by atoms with E-state index >= 15 is 0 Å². The lowest BCUT2D eigenvalue weighted by Crippen LogP contribution is -2.13. The molecule has 0 nitrogen and oxygen atoms in total. The number of rotatable bonds is 3. The Hall–Kier alpha value is 2.19. The van der Waals surface area contributed by atoms with Crippen LogP contribution in [-0.4, -0.2) is 12.3 Å². The minimum Gasteiger partial charge on any atom is -0.0852 e. The summed E-state index contributed by atoms with van der Waals surface area (Å²) in [5.74, 6) is 0. The van der Waals surface area contributed by atoms with Crippen molar-refractivity contribution >= 4 is 67.8 Å². The third-order valence-electron chi connectivity index (χ3n) is 0.816. The lowest BCUT2D eigenvalue weighted by Gasteiger charge is -2.10. The molecule has 0 aliphatic carbocycles. The summed E-state index contributed by atoms with van der Waals surface area (Å²) in [4.78, 5) is 0. The SMILES string of the molecule is [CH2]CC(I)C(I)CI. The number of halogens is 3. The smallest absolute Gasteiger partial charge is 0.0317 e. The Morgan fingerprint density at radius 1 is 1.25 bits per heavy atom. The minimum absolute atomic E-state index is 0.755. The first-order chi connectivity index (χ1) is 3.72. The Kier molecular flexibility index (Phi) is 7.56. The molecule has 0 aliphatic rings. The Labute approximate surface area is 92.0 Å². The van der Waals surface area contributed by atoms with Crippen LogP contribution >= 0.6 is 67.8 Å². The van der Waals surface area contributed by atoms with Crippen LogP contribution in [0.4, 0.5) is 0 Å². The topological polar surface area (TPSA) is 0 Å². The van der Waals surface area contributed by atoms with Crippen LogP contribution in [0.15, 0.2) is 0 Å². The summed E-state index contributed by atoms with van der Waals surface area (Å²) in [6, 6.07) is 0. The fourth-order valence-corrected chi connectivity index (χ4v) is 2.48. The van der Waals surface area contributed by atoms with E-state index in [0.29, 0.717) is 0 Å². The van der Waals surface area contributed by atoms with Crippen LogP contribution in [0.1, 0.15) is 6.42 Å². The molecule has 0 aromatic heterocycles. The predicted molar refractivity (Wildman–Crippen MR) is 64.5 cm³/mol. The maximum atomic E-state index is 3.84. The van der Waals surface area contributed by atoms with Crippen LogP contribution in [0, 0.1) is 6.92 Å². The van der Waals surface area contributed by atoms with E-state index in [2.05, 4.69) is 74.7 Å². The number of alkyl halides is 3. The van der Waals surface area contributed by atoms with E-state index < -0.39 is 0 Å². The second kappa shape index (κ2) is 5.94. The van der Waals surface area contributed by atoms with Gasteiger partial charge in [-0.1, -0.05) is 74.7 Å². The van der Waals surface area contributed by atoms with E-state index in [1.165, 1.54) is 4.43 Å². The first-order valence-corrected chi connectivity index (χ1v) is 6.37. The molecular formula is C5H8I3. The molecule has 0 aromatic rings. The van der Waals surface area contributed by atoms with Gasteiger partial charge in [0.1, 0.15) is 0 Å². The number of hydrogen-bond donors (Lipinski definition) is 0. The quantitative estimate of drug-likeness (QED) is 0.459. The van der Waals surface area contributed by atoms with E-state index in [-0.39, 0.29) is 0 Å². The molecule has 2 unspecified atom stereocenters. The highest BCUT2D eigenvalue weighted by molar-refractivity contribution is 14.1. The summed E-state index contributed by atoms with van der Waals surface area (Å²) in [6.45, 7) is 3.84. The van der Waals surface area contributed by atoms with E-state index in [4.69, 9.17) is 0 Å². The second-order valence-electron chi connectivity index (χ2n) is 1.47. The molecule has 0 saturated heterocycles. The Bertz CT molecular complexity index is 47.6. The minimum atomic E-state index is 0.755. The van der Waals surface area contributed by atoms with Gasteiger partial charge in [0.2, 0.25) is 0 Å². The molecule has 0 heterocycles. The zero-order chi connectivity index (χ0) is 6.57. The van der Waals surface area contributed by atoms with Crippen molar-refractivity contribution in [1.29, 1.82) is 0 Å². The van der Waals surface area contributed by atoms with Crippen LogP contribution < -0.4 is 0 Å². The summed E-state index contributed by atoms with van der Waals surface area (Å²) in [5.41, 5.74) is 0. The summed E-state index contributed by atoms with van der Waals surface area (Å²) in [7, 11) is 0. The fraction of sp³-hybridized carbons (Fsp3) is 0.800. The molecule has 0 fully saturated rings. The van der Waals surface area contributed by atoms with Gasteiger partial charge in [0, 0.05) is 12.3 Å². The highest BCUT2D eigenvalue weighted by atomic mass is 127. The average molecular weight is 449 g/mol. The van der Waals surface area contributed by atoms with Crippen LogP contribution in [0.2, 0.25) is 0 Å². The molecule has 0 rings (SSSR count). The molecule has 0 saturated carbocycles. The molecule has 8 heavy (non-hydrogen) atoms. The van der Waals surface area contributed by atoms with Crippen LogP contribution in [0.3, 0.4) is 0 Å². The van der Waals surface area contributed by atoms with E-state index in [1.54, 1.807) is 0 Å². The first-order valence-electron chi connectivity index (χ1n) is 2.35. The van der Waals surface area contributed by atoms with Gasteiger partial charge in [-0.3, -0.25) is 0 Å². The lowest BCUT2D eigenvalue weighted by molar-refractivity contribution is 0.924. The van der Waals surface area contributed by atoms with Crippen molar-refractivity contribution in [2.45, 2.75) is 14.3 Å². The van der Waals surface area contributed by atoms with Crippen molar-refractivity contribution in [3.63, 3.8) is 0 Å². The van der Waals surface area contributed by atoms with E-state index in [0.717, 1.165) is 14.3 Å². The fourth-order valence-electron chi connectivity index (χ4n) is 0.278. The molecule has 0 aliphatic heterocycles. The normalized spacial score (nSPS) is 18.0. The van der Waals surface area contributed by atoms with Gasteiger partial charge in [0.05, 0.1) is 0 Å². The van der Waals surface area contributed by atoms with E-state index in [9.17, 15) is 0 Å². The Morgan fingerprint density at radius 2 is 1.75 bits per heavy atom. The van der Waals surface area contributed by atoms with Crippen LogP contribution in [0.25, 0.3) is 0 Å². The van der Waals surface area contributed by atoms with Gasteiger partial charge in [-0.2, -0.15) is 0 Å². The monoisotopic (exact) mass is 449 g/mol. The Morgan fingerprint density at radius 3 is 1.88 bits per heavy atom. The molecule has 3 heteroatoms. The van der Waals surface area contributed by atoms with Gasteiger partial charge < -0.3 is 0 Å². The van der Waals surface area contributed by atoms with Crippen molar-refractivity contribution in [1.82, 2.24) is 0 Å². The highest BCUT2D eigenvalue weighted by Crippen LogP contribution is 2.19. The van der Waals surface area contributed by atoms with Gasteiger partial charge in [0.25, 0.3) is 0 Å².